The zero-order chi connectivity index (χ0) is 21.3. The number of nitrogens with zero attached hydrogens (tertiary/aromatic N) is 2. The van der Waals surface area contributed by atoms with Gasteiger partial charge in [0.25, 0.3) is 10.0 Å². The highest BCUT2D eigenvalue weighted by Crippen LogP contribution is 2.37. The van der Waals surface area contributed by atoms with Crippen LogP contribution in [0.25, 0.3) is 10.2 Å². The number of benzene rings is 2. The summed E-state index contributed by atoms with van der Waals surface area (Å²) in [4.78, 5) is 12.3. The van der Waals surface area contributed by atoms with Crippen molar-refractivity contribution in [2.75, 3.05) is 20.5 Å². The number of ether oxygens (including phenoxy) is 4. The normalized spacial score (nSPS) is 13.6. The first-order valence-electron chi connectivity index (χ1n) is 8.95. The standard InChI is InChI=1S/C19H18N2O7S2/c1-3-26-18(22)10-21-14-8-15-16(28-11-27-15)9-17(14)29-19(21)20-30(23,24)13-6-4-12(25-2)5-7-13/h4-9H,3,10-11H2,1-2H3. The van der Waals surface area contributed by atoms with Gasteiger partial charge in [-0.2, -0.15) is 8.42 Å². The lowest BCUT2D eigenvalue weighted by Crippen LogP contribution is -2.23. The van der Waals surface area contributed by atoms with Crippen LogP contribution < -0.4 is 19.0 Å². The summed E-state index contributed by atoms with van der Waals surface area (Å²) >= 11 is 1.13. The summed E-state index contributed by atoms with van der Waals surface area (Å²) in [5.41, 5.74) is 0.598. The molecule has 158 valence electrons. The quantitative estimate of drug-likeness (QED) is 0.531. The van der Waals surface area contributed by atoms with Crippen molar-refractivity contribution in [2.24, 2.45) is 4.40 Å². The van der Waals surface area contributed by atoms with Crippen LogP contribution in [0.4, 0.5) is 0 Å². The Morgan fingerprint density at radius 1 is 1.20 bits per heavy atom. The van der Waals surface area contributed by atoms with E-state index in [2.05, 4.69) is 4.40 Å². The molecule has 0 spiro atoms. The Labute approximate surface area is 176 Å². The van der Waals surface area contributed by atoms with Crippen LogP contribution in [-0.4, -0.2) is 39.5 Å². The van der Waals surface area contributed by atoms with Crippen LogP contribution in [0.2, 0.25) is 0 Å². The summed E-state index contributed by atoms with van der Waals surface area (Å²) in [6.07, 6.45) is 0. The lowest BCUT2D eigenvalue weighted by Gasteiger charge is -2.06. The highest BCUT2D eigenvalue weighted by Gasteiger charge is 2.21. The smallest absolute Gasteiger partial charge is 0.326 e. The highest BCUT2D eigenvalue weighted by atomic mass is 32.2. The summed E-state index contributed by atoms with van der Waals surface area (Å²) in [6, 6.07) is 9.35. The maximum atomic E-state index is 12.9. The van der Waals surface area contributed by atoms with Gasteiger partial charge in [-0.3, -0.25) is 4.79 Å². The molecule has 0 atom stereocenters. The van der Waals surface area contributed by atoms with Crippen LogP contribution in [0, 0.1) is 0 Å². The van der Waals surface area contributed by atoms with Gasteiger partial charge in [0.15, 0.2) is 11.5 Å². The molecular formula is C19H18N2O7S2. The van der Waals surface area contributed by atoms with Crippen LogP contribution in [0.5, 0.6) is 17.2 Å². The second kappa shape index (κ2) is 8.00. The Hall–Kier alpha value is -3.05. The van der Waals surface area contributed by atoms with Gasteiger partial charge in [-0.25, -0.2) is 0 Å². The molecule has 9 nitrogen and oxygen atoms in total. The van der Waals surface area contributed by atoms with Crippen LogP contribution >= 0.6 is 11.3 Å². The predicted molar refractivity (Wildman–Crippen MR) is 108 cm³/mol. The molecule has 3 aromatic rings. The lowest BCUT2D eigenvalue weighted by atomic mass is 10.3. The molecule has 0 fully saturated rings. The van der Waals surface area contributed by atoms with Crippen LogP contribution in [0.1, 0.15) is 6.92 Å². The van der Waals surface area contributed by atoms with Crippen molar-refractivity contribution in [2.45, 2.75) is 18.4 Å². The van der Waals surface area contributed by atoms with E-state index < -0.39 is 16.0 Å². The second-order valence-electron chi connectivity index (χ2n) is 6.19. The summed E-state index contributed by atoms with van der Waals surface area (Å²) in [6.45, 7) is 1.83. The first-order valence-corrected chi connectivity index (χ1v) is 11.2. The van der Waals surface area contributed by atoms with Gasteiger partial charge in [-0.1, -0.05) is 11.3 Å². The van der Waals surface area contributed by atoms with Crippen molar-refractivity contribution < 1.29 is 32.2 Å². The Kier molecular flexibility index (Phi) is 5.39. The first kappa shape index (κ1) is 20.2. The molecule has 0 N–H and O–H groups in total. The maximum Gasteiger partial charge on any atom is 0.326 e. The van der Waals surface area contributed by atoms with Gasteiger partial charge in [0.1, 0.15) is 12.3 Å². The Bertz CT molecular complexity index is 1270. The van der Waals surface area contributed by atoms with Crippen LogP contribution in [-0.2, 0) is 26.1 Å². The molecule has 11 heteroatoms. The van der Waals surface area contributed by atoms with Crippen molar-refractivity contribution in [3.8, 4) is 17.2 Å². The largest absolute Gasteiger partial charge is 0.497 e. The van der Waals surface area contributed by atoms with Crippen molar-refractivity contribution in [3.05, 3.63) is 41.2 Å². The van der Waals surface area contributed by atoms with Crippen LogP contribution in [0.3, 0.4) is 0 Å². The van der Waals surface area contributed by atoms with E-state index in [0.717, 1.165) is 11.3 Å². The topological polar surface area (TPSA) is 105 Å². The molecule has 0 aliphatic carbocycles. The molecule has 0 saturated carbocycles. The van der Waals surface area contributed by atoms with Gasteiger partial charge in [0.05, 0.1) is 28.8 Å². The van der Waals surface area contributed by atoms with Gasteiger partial charge in [0, 0.05) is 12.1 Å². The van der Waals surface area contributed by atoms with E-state index in [9.17, 15) is 13.2 Å². The van der Waals surface area contributed by atoms with Crippen molar-refractivity contribution in [1.29, 1.82) is 0 Å². The molecule has 2 aromatic carbocycles. The predicted octanol–water partition coefficient (Wildman–Crippen LogP) is 2.29. The minimum absolute atomic E-state index is 0.0117. The van der Waals surface area contributed by atoms with Gasteiger partial charge in [0.2, 0.25) is 11.6 Å². The van der Waals surface area contributed by atoms with Gasteiger partial charge in [-0.05, 0) is 31.2 Å². The third-order valence-electron chi connectivity index (χ3n) is 4.33. The molecule has 1 aromatic heterocycles. The van der Waals surface area contributed by atoms with Gasteiger partial charge in [-0.15, -0.1) is 4.40 Å². The molecule has 1 aliphatic rings. The lowest BCUT2D eigenvalue weighted by molar-refractivity contribution is -0.143. The average Bonchev–Trinajstić information content (AvgIpc) is 3.30. The average molecular weight is 450 g/mol. The molecular weight excluding hydrogens is 432 g/mol. The number of rotatable bonds is 6. The number of hydrogen-bond acceptors (Lipinski definition) is 8. The van der Waals surface area contributed by atoms with Gasteiger partial charge >= 0.3 is 5.97 Å². The molecule has 30 heavy (non-hydrogen) atoms. The third kappa shape index (κ3) is 3.85. The molecule has 0 bridgehead atoms. The minimum Gasteiger partial charge on any atom is -0.497 e. The summed E-state index contributed by atoms with van der Waals surface area (Å²) in [7, 11) is -2.53. The molecule has 0 unspecified atom stereocenters. The Morgan fingerprint density at radius 3 is 2.57 bits per heavy atom. The SMILES string of the molecule is CCOC(=O)Cn1c(=NS(=O)(=O)c2ccc(OC)cc2)sc2cc3c(cc21)OCO3. The van der Waals surface area contributed by atoms with E-state index in [1.807, 2.05) is 0 Å². The van der Waals surface area contributed by atoms with Crippen molar-refractivity contribution >= 4 is 37.5 Å². The van der Waals surface area contributed by atoms with Crippen molar-refractivity contribution in [1.82, 2.24) is 4.57 Å². The summed E-state index contributed by atoms with van der Waals surface area (Å²) in [5.74, 6) is 1.10. The molecule has 0 amide bonds. The fraction of sp³-hybridized carbons (Fsp3) is 0.263. The Balaban J connectivity index is 1.86. The fourth-order valence-corrected chi connectivity index (χ4v) is 5.16. The molecule has 0 saturated heterocycles. The van der Waals surface area contributed by atoms with Crippen molar-refractivity contribution in [3.63, 3.8) is 0 Å². The molecule has 0 radical (unpaired) electrons. The van der Waals surface area contributed by atoms with E-state index in [-0.39, 0.29) is 29.6 Å². The number of fused-ring (bicyclic) bond motifs is 2. The summed E-state index contributed by atoms with van der Waals surface area (Å²) < 4.78 is 52.8. The monoisotopic (exact) mass is 450 g/mol. The highest BCUT2D eigenvalue weighted by molar-refractivity contribution is 7.90. The molecule has 1 aliphatic heterocycles. The maximum absolute atomic E-state index is 12.9. The minimum atomic E-state index is -4.02. The number of carbonyl (C=O) groups is 1. The number of methoxy groups -OCH3 is 1. The zero-order valence-corrected chi connectivity index (χ0v) is 17.8. The van der Waals surface area contributed by atoms with E-state index >= 15 is 0 Å². The van der Waals surface area contributed by atoms with E-state index in [1.165, 1.54) is 23.8 Å². The zero-order valence-electron chi connectivity index (χ0n) is 16.2. The van der Waals surface area contributed by atoms with E-state index in [1.54, 1.807) is 31.2 Å². The fourth-order valence-electron chi connectivity index (χ4n) is 2.92. The number of sulfonamides is 1. The third-order valence-corrected chi connectivity index (χ3v) is 6.76. The Morgan fingerprint density at radius 2 is 1.90 bits per heavy atom. The molecule has 2 heterocycles. The second-order valence-corrected chi connectivity index (χ2v) is 8.80. The van der Waals surface area contributed by atoms with E-state index in [4.69, 9.17) is 18.9 Å². The number of thiazole rings is 1. The number of aromatic nitrogens is 1. The summed E-state index contributed by atoms with van der Waals surface area (Å²) in [5, 5.41) is 0. The van der Waals surface area contributed by atoms with Crippen LogP contribution in [0.15, 0.2) is 45.7 Å². The number of hydrogen-bond donors (Lipinski definition) is 0. The number of carbonyl (C=O) groups excluding carboxylic acids is 1. The van der Waals surface area contributed by atoms with E-state index in [0.29, 0.717) is 27.5 Å². The molecule has 4 rings (SSSR count). The first-order chi connectivity index (χ1) is 14.4. The van der Waals surface area contributed by atoms with Gasteiger partial charge < -0.3 is 23.5 Å². The number of esters is 1.